The molecule has 1 aliphatic heterocycles. The van der Waals surface area contributed by atoms with Crippen LogP contribution in [0.2, 0.25) is 0 Å². The van der Waals surface area contributed by atoms with Crippen LogP contribution >= 0.6 is 0 Å². The topological polar surface area (TPSA) is 52.9 Å². The van der Waals surface area contributed by atoms with Crippen LogP contribution in [0, 0.1) is 0 Å². The Bertz CT molecular complexity index is 380. The maximum absolute atomic E-state index is 9.13. The molecule has 1 atom stereocenters. The van der Waals surface area contributed by atoms with E-state index >= 15 is 0 Å². The summed E-state index contributed by atoms with van der Waals surface area (Å²) in [5.74, 6) is 0. The van der Waals surface area contributed by atoms with E-state index < -0.39 is 7.12 Å². The molecule has 0 spiro atoms. The fourth-order valence-electron chi connectivity index (χ4n) is 2.36. The quantitative estimate of drug-likeness (QED) is 0.720. The minimum absolute atomic E-state index is 0.349. The molecule has 0 bridgehead atoms. The van der Waals surface area contributed by atoms with Gasteiger partial charge < -0.3 is 14.8 Å². The summed E-state index contributed by atoms with van der Waals surface area (Å²) >= 11 is 0. The van der Waals surface area contributed by atoms with Crippen LogP contribution < -0.4 is 5.46 Å². The lowest BCUT2D eigenvalue weighted by atomic mass is 9.79. The van der Waals surface area contributed by atoms with Gasteiger partial charge in [0.15, 0.2) is 0 Å². The summed E-state index contributed by atoms with van der Waals surface area (Å²) in [5, 5.41) is 18.3. The summed E-state index contributed by atoms with van der Waals surface area (Å²) in [6, 6.07) is 7.40. The number of nitrogens with zero attached hydrogens (tertiary/aromatic N) is 1. The smallest absolute Gasteiger partial charge is 0.423 e. The van der Waals surface area contributed by atoms with Crippen molar-refractivity contribution in [1.82, 2.24) is 4.90 Å². The van der Waals surface area contributed by atoms with Crippen molar-refractivity contribution in [3.05, 3.63) is 29.8 Å². The predicted octanol–water partition coefficient (Wildman–Crippen LogP) is -0.0228. The van der Waals surface area contributed by atoms with Crippen LogP contribution in [0.1, 0.15) is 18.4 Å². The minimum Gasteiger partial charge on any atom is -0.423 e. The minimum atomic E-state index is -1.39. The highest BCUT2D eigenvalue weighted by atomic mass is 16.5. The molecule has 1 aliphatic rings. The first kappa shape index (κ1) is 13.6. The second-order valence-corrected chi connectivity index (χ2v) is 4.95. The van der Waals surface area contributed by atoms with Gasteiger partial charge in [0.25, 0.3) is 0 Å². The second kappa shape index (κ2) is 6.34. The van der Waals surface area contributed by atoms with E-state index in [0.29, 0.717) is 11.6 Å². The normalized spacial score (nSPS) is 19.4. The summed E-state index contributed by atoms with van der Waals surface area (Å²) in [6.45, 7) is 2.59. The third-order valence-electron chi connectivity index (χ3n) is 3.24. The molecule has 1 heterocycles. The third-order valence-corrected chi connectivity index (χ3v) is 3.24. The first-order valence-corrected chi connectivity index (χ1v) is 6.40. The van der Waals surface area contributed by atoms with E-state index in [2.05, 4.69) is 11.9 Å². The first-order valence-electron chi connectivity index (χ1n) is 6.40. The summed E-state index contributed by atoms with van der Waals surface area (Å²) in [6.07, 6.45) is 2.64. The van der Waals surface area contributed by atoms with E-state index in [4.69, 9.17) is 14.8 Å². The zero-order chi connectivity index (χ0) is 13.0. The van der Waals surface area contributed by atoms with Crippen LogP contribution in [0.25, 0.3) is 0 Å². The molecular weight excluding hydrogens is 229 g/mol. The molecule has 0 radical (unpaired) electrons. The number of rotatable bonds is 5. The molecule has 1 unspecified atom stereocenters. The summed E-state index contributed by atoms with van der Waals surface area (Å²) in [4.78, 5) is 2.21. The van der Waals surface area contributed by atoms with Gasteiger partial charge >= 0.3 is 7.12 Å². The lowest BCUT2D eigenvalue weighted by Gasteiger charge is -2.20. The van der Waals surface area contributed by atoms with Gasteiger partial charge in [0.05, 0.1) is 6.10 Å². The van der Waals surface area contributed by atoms with Gasteiger partial charge in [-0.25, -0.2) is 0 Å². The Morgan fingerprint density at radius 2 is 2.28 bits per heavy atom. The van der Waals surface area contributed by atoms with Gasteiger partial charge in [0.2, 0.25) is 0 Å². The van der Waals surface area contributed by atoms with Crippen molar-refractivity contribution in [1.29, 1.82) is 0 Å². The van der Waals surface area contributed by atoms with E-state index in [1.807, 2.05) is 18.2 Å². The molecule has 1 saturated heterocycles. The maximum Gasteiger partial charge on any atom is 0.488 e. The first-order chi connectivity index (χ1) is 8.65. The second-order valence-electron chi connectivity index (χ2n) is 4.95. The highest BCUT2D eigenvalue weighted by molar-refractivity contribution is 6.58. The zero-order valence-corrected chi connectivity index (χ0v) is 10.7. The Morgan fingerprint density at radius 1 is 1.44 bits per heavy atom. The van der Waals surface area contributed by atoms with Crippen molar-refractivity contribution in [3.63, 3.8) is 0 Å². The van der Waals surface area contributed by atoms with Crippen LogP contribution in [0.3, 0.4) is 0 Å². The lowest BCUT2D eigenvalue weighted by Crippen LogP contribution is -2.31. The van der Waals surface area contributed by atoms with Crippen molar-refractivity contribution in [3.8, 4) is 0 Å². The van der Waals surface area contributed by atoms with Crippen LogP contribution in [0.4, 0.5) is 0 Å². The van der Waals surface area contributed by atoms with E-state index in [0.717, 1.165) is 38.1 Å². The van der Waals surface area contributed by atoms with Crippen LogP contribution in [0.15, 0.2) is 24.3 Å². The molecule has 0 amide bonds. The van der Waals surface area contributed by atoms with Gasteiger partial charge in [0.1, 0.15) is 0 Å². The molecule has 5 heteroatoms. The number of hydrogen-bond acceptors (Lipinski definition) is 4. The number of hydrogen-bond donors (Lipinski definition) is 2. The average molecular weight is 249 g/mol. The Kier molecular flexibility index (Phi) is 4.77. The highest BCUT2D eigenvalue weighted by Gasteiger charge is 2.17. The highest BCUT2D eigenvalue weighted by Crippen LogP contribution is 2.13. The van der Waals surface area contributed by atoms with Crippen LogP contribution in [0.5, 0.6) is 0 Å². The van der Waals surface area contributed by atoms with Gasteiger partial charge in [-0.1, -0.05) is 24.3 Å². The van der Waals surface area contributed by atoms with Crippen molar-refractivity contribution < 1.29 is 14.8 Å². The zero-order valence-electron chi connectivity index (χ0n) is 10.7. The van der Waals surface area contributed by atoms with Crippen LogP contribution in [-0.2, 0) is 11.3 Å². The van der Waals surface area contributed by atoms with Crippen molar-refractivity contribution in [2.24, 2.45) is 0 Å². The van der Waals surface area contributed by atoms with Gasteiger partial charge in [-0.3, -0.25) is 4.90 Å². The van der Waals surface area contributed by atoms with Gasteiger partial charge in [-0.05, 0) is 30.9 Å². The molecule has 1 aromatic rings. The molecule has 2 N–H and O–H groups in total. The van der Waals surface area contributed by atoms with E-state index in [1.165, 1.54) is 0 Å². The average Bonchev–Trinajstić information content (AvgIpc) is 2.82. The van der Waals surface area contributed by atoms with Crippen molar-refractivity contribution >= 4 is 12.6 Å². The number of ether oxygens (including phenoxy) is 1. The maximum atomic E-state index is 9.13. The standard InChI is InChI=1S/C13H20BNO3/c1-15(10-13-6-3-7-18-13)9-11-4-2-5-12(8-11)14(16)17/h2,4-5,8,13,16-17H,3,6-7,9-10H2,1H3. The predicted molar refractivity (Wildman–Crippen MR) is 71.6 cm³/mol. The van der Waals surface area contributed by atoms with Crippen LogP contribution in [-0.4, -0.2) is 48.4 Å². The molecule has 1 fully saturated rings. The van der Waals surface area contributed by atoms with Gasteiger partial charge in [0, 0.05) is 19.7 Å². The van der Waals surface area contributed by atoms with Gasteiger partial charge in [-0.2, -0.15) is 0 Å². The molecule has 1 aromatic carbocycles. The van der Waals surface area contributed by atoms with Gasteiger partial charge in [-0.15, -0.1) is 0 Å². The molecule has 2 rings (SSSR count). The fourth-order valence-corrected chi connectivity index (χ4v) is 2.36. The number of benzene rings is 1. The SMILES string of the molecule is CN(Cc1cccc(B(O)O)c1)CC1CCCO1. The molecule has 18 heavy (non-hydrogen) atoms. The Hall–Kier alpha value is -0.875. The molecular formula is C13H20BNO3. The molecule has 0 aliphatic carbocycles. The van der Waals surface area contributed by atoms with E-state index in [-0.39, 0.29) is 0 Å². The van der Waals surface area contributed by atoms with E-state index in [1.54, 1.807) is 6.07 Å². The largest absolute Gasteiger partial charge is 0.488 e. The fraction of sp³-hybridized carbons (Fsp3) is 0.538. The molecule has 4 nitrogen and oxygen atoms in total. The summed E-state index contributed by atoms with van der Waals surface area (Å²) in [5.41, 5.74) is 1.62. The Balaban J connectivity index is 1.89. The Labute approximate surface area is 108 Å². The Morgan fingerprint density at radius 3 is 2.94 bits per heavy atom. The monoisotopic (exact) mass is 249 g/mol. The van der Waals surface area contributed by atoms with Crippen molar-refractivity contribution in [2.75, 3.05) is 20.2 Å². The summed E-state index contributed by atoms with van der Waals surface area (Å²) < 4.78 is 5.60. The lowest BCUT2D eigenvalue weighted by molar-refractivity contribution is 0.0793. The molecule has 98 valence electrons. The number of likely N-dealkylation sites (N-methyl/N-ethyl adjacent to an activating group) is 1. The summed E-state index contributed by atoms with van der Waals surface area (Å²) in [7, 11) is 0.664. The third kappa shape index (κ3) is 3.81. The van der Waals surface area contributed by atoms with E-state index in [9.17, 15) is 0 Å². The van der Waals surface area contributed by atoms with Crippen molar-refractivity contribution in [2.45, 2.75) is 25.5 Å². The molecule has 0 saturated carbocycles. The molecule has 0 aromatic heterocycles.